The molecule has 0 aliphatic heterocycles. The third-order valence-corrected chi connectivity index (χ3v) is 3.65. The van der Waals surface area contributed by atoms with Crippen molar-refractivity contribution in [3.8, 4) is 5.75 Å². The first-order chi connectivity index (χ1) is 9.02. The van der Waals surface area contributed by atoms with Crippen LogP contribution in [0, 0.1) is 0 Å². The summed E-state index contributed by atoms with van der Waals surface area (Å²) in [6.07, 6.45) is 0. The maximum absolute atomic E-state index is 6.19. The van der Waals surface area contributed by atoms with E-state index in [0.29, 0.717) is 6.54 Å². The quantitative estimate of drug-likeness (QED) is 0.892. The van der Waals surface area contributed by atoms with E-state index >= 15 is 0 Å². The average Bonchev–Trinajstić information content (AvgIpc) is 2.33. The zero-order valence-electron chi connectivity index (χ0n) is 14.0. The lowest BCUT2D eigenvalue weighted by Gasteiger charge is -2.30. The largest absolute Gasteiger partial charge is 0.496 e. The van der Waals surface area contributed by atoms with Crippen molar-refractivity contribution in [3.05, 3.63) is 28.8 Å². The Morgan fingerprint density at radius 1 is 1.05 bits per heavy atom. The van der Waals surface area contributed by atoms with Crippen LogP contribution >= 0.6 is 0 Å². The van der Waals surface area contributed by atoms with Crippen LogP contribution in [-0.4, -0.2) is 13.7 Å². The Labute approximate surface area is 123 Å². The van der Waals surface area contributed by atoms with Crippen molar-refractivity contribution in [2.75, 3.05) is 13.7 Å². The molecule has 0 aliphatic rings. The number of rotatable bonds is 3. The highest BCUT2D eigenvalue weighted by Crippen LogP contribution is 2.39. The third-order valence-electron chi connectivity index (χ3n) is 3.65. The van der Waals surface area contributed by atoms with Gasteiger partial charge in [0, 0.05) is 23.7 Å². The summed E-state index contributed by atoms with van der Waals surface area (Å²) >= 11 is 0. The molecular formula is C17H30N2O. The molecule has 0 saturated heterocycles. The van der Waals surface area contributed by atoms with E-state index < -0.39 is 0 Å². The van der Waals surface area contributed by atoms with Gasteiger partial charge in [0.25, 0.3) is 0 Å². The normalized spacial score (nSPS) is 14.2. The van der Waals surface area contributed by atoms with E-state index in [1.807, 2.05) is 0 Å². The molecule has 4 N–H and O–H groups in total. The van der Waals surface area contributed by atoms with Gasteiger partial charge in [-0.1, -0.05) is 47.6 Å². The van der Waals surface area contributed by atoms with Gasteiger partial charge in [-0.15, -0.1) is 0 Å². The van der Waals surface area contributed by atoms with Crippen molar-refractivity contribution in [3.63, 3.8) is 0 Å². The maximum atomic E-state index is 6.19. The van der Waals surface area contributed by atoms with E-state index in [1.165, 1.54) is 11.1 Å². The predicted molar refractivity (Wildman–Crippen MR) is 86.4 cm³/mol. The van der Waals surface area contributed by atoms with Crippen LogP contribution in [0.2, 0.25) is 0 Å². The summed E-state index contributed by atoms with van der Waals surface area (Å²) in [5.74, 6) is 0.878. The molecule has 1 unspecified atom stereocenters. The summed E-state index contributed by atoms with van der Waals surface area (Å²) in [6, 6.07) is 4.19. The van der Waals surface area contributed by atoms with Crippen LogP contribution in [0.1, 0.15) is 64.3 Å². The van der Waals surface area contributed by atoms with Gasteiger partial charge in [0.05, 0.1) is 7.11 Å². The summed E-state index contributed by atoms with van der Waals surface area (Å²) in [5.41, 5.74) is 15.5. The van der Waals surface area contributed by atoms with Crippen molar-refractivity contribution in [2.45, 2.75) is 58.4 Å². The number of methoxy groups -OCH3 is 1. The second-order valence-corrected chi connectivity index (χ2v) is 7.49. The van der Waals surface area contributed by atoms with E-state index in [2.05, 4.69) is 53.7 Å². The predicted octanol–water partition coefficient (Wildman–Crippen LogP) is 3.25. The van der Waals surface area contributed by atoms with Crippen molar-refractivity contribution >= 4 is 0 Å². The topological polar surface area (TPSA) is 61.3 Å². The molecule has 0 spiro atoms. The molecule has 1 aromatic rings. The van der Waals surface area contributed by atoms with Gasteiger partial charge in [-0.25, -0.2) is 0 Å². The van der Waals surface area contributed by atoms with Crippen LogP contribution in [0.4, 0.5) is 0 Å². The second kappa shape index (κ2) is 5.74. The first kappa shape index (κ1) is 17.0. The van der Waals surface area contributed by atoms with Crippen LogP contribution in [-0.2, 0) is 10.8 Å². The van der Waals surface area contributed by atoms with E-state index in [1.54, 1.807) is 7.11 Å². The molecule has 0 aliphatic carbocycles. The molecular weight excluding hydrogens is 248 g/mol. The summed E-state index contributed by atoms with van der Waals surface area (Å²) in [7, 11) is 1.70. The van der Waals surface area contributed by atoms with Gasteiger partial charge in [-0.3, -0.25) is 0 Å². The van der Waals surface area contributed by atoms with Gasteiger partial charge in [0.15, 0.2) is 0 Å². The van der Waals surface area contributed by atoms with Crippen molar-refractivity contribution in [1.29, 1.82) is 0 Å². The molecule has 1 rings (SSSR count). The fourth-order valence-electron chi connectivity index (χ4n) is 2.27. The molecule has 20 heavy (non-hydrogen) atoms. The summed E-state index contributed by atoms with van der Waals surface area (Å²) in [5, 5.41) is 0. The Balaban J connectivity index is 3.65. The average molecular weight is 278 g/mol. The van der Waals surface area contributed by atoms with E-state index in [0.717, 1.165) is 11.3 Å². The number of benzene rings is 1. The second-order valence-electron chi connectivity index (χ2n) is 7.49. The van der Waals surface area contributed by atoms with Crippen LogP contribution in [0.5, 0.6) is 5.75 Å². The first-order valence-corrected chi connectivity index (χ1v) is 7.21. The summed E-state index contributed by atoms with van der Waals surface area (Å²) in [4.78, 5) is 0. The molecule has 0 saturated carbocycles. The molecule has 114 valence electrons. The van der Waals surface area contributed by atoms with Gasteiger partial charge in [0.1, 0.15) is 5.75 Å². The Morgan fingerprint density at radius 2 is 1.60 bits per heavy atom. The Hall–Kier alpha value is -1.06. The zero-order valence-corrected chi connectivity index (χ0v) is 14.0. The number of hydrogen-bond acceptors (Lipinski definition) is 3. The Bertz CT molecular complexity index is 467. The van der Waals surface area contributed by atoms with Crippen LogP contribution in [0.3, 0.4) is 0 Å². The molecule has 0 bridgehead atoms. The van der Waals surface area contributed by atoms with Crippen molar-refractivity contribution in [1.82, 2.24) is 0 Å². The minimum absolute atomic E-state index is 0.00429. The lowest BCUT2D eigenvalue weighted by molar-refractivity contribution is 0.388. The monoisotopic (exact) mass is 278 g/mol. The van der Waals surface area contributed by atoms with Gasteiger partial charge >= 0.3 is 0 Å². The zero-order chi connectivity index (χ0) is 15.7. The maximum Gasteiger partial charge on any atom is 0.127 e. The van der Waals surface area contributed by atoms with E-state index in [-0.39, 0.29) is 16.9 Å². The highest BCUT2D eigenvalue weighted by atomic mass is 16.5. The molecule has 0 amide bonds. The smallest absolute Gasteiger partial charge is 0.127 e. The molecule has 0 aromatic heterocycles. The van der Waals surface area contributed by atoms with Crippen LogP contribution < -0.4 is 16.2 Å². The Kier molecular flexibility index (Phi) is 4.88. The molecule has 0 heterocycles. The summed E-state index contributed by atoms with van der Waals surface area (Å²) in [6.45, 7) is 13.6. The fraction of sp³-hybridized carbons (Fsp3) is 0.647. The SMILES string of the molecule is COc1c(C(N)CN)cc(C(C)(C)C)cc1C(C)(C)C. The molecule has 3 nitrogen and oxygen atoms in total. The van der Waals surface area contributed by atoms with Gasteiger partial charge in [0.2, 0.25) is 0 Å². The molecule has 1 aromatic carbocycles. The first-order valence-electron chi connectivity index (χ1n) is 7.21. The van der Waals surface area contributed by atoms with Gasteiger partial charge in [-0.05, 0) is 22.5 Å². The number of hydrogen-bond donors (Lipinski definition) is 2. The van der Waals surface area contributed by atoms with Crippen molar-refractivity contribution in [2.24, 2.45) is 11.5 Å². The lowest BCUT2D eigenvalue weighted by atomic mass is 9.78. The molecule has 0 radical (unpaired) electrons. The lowest BCUT2D eigenvalue weighted by Crippen LogP contribution is -2.25. The minimum Gasteiger partial charge on any atom is -0.496 e. The van der Waals surface area contributed by atoms with E-state index in [4.69, 9.17) is 16.2 Å². The number of ether oxygens (including phenoxy) is 1. The van der Waals surface area contributed by atoms with Gasteiger partial charge in [-0.2, -0.15) is 0 Å². The third kappa shape index (κ3) is 3.53. The fourth-order valence-corrected chi connectivity index (χ4v) is 2.27. The van der Waals surface area contributed by atoms with E-state index in [9.17, 15) is 0 Å². The molecule has 0 fully saturated rings. The Morgan fingerprint density at radius 3 is 1.95 bits per heavy atom. The highest BCUT2D eigenvalue weighted by Gasteiger charge is 2.27. The number of nitrogens with two attached hydrogens (primary N) is 2. The van der Waals surface area contributed by atoms with Crippen LogP contribution in [0.25, 0.3) is 0 Å². The summed E-state index contributed by atoms with van der Waals surface area (Å²) < 4.78 is 5.66. The minimum atomic E-state index is -0.201. The molecule has 3 heteroatoms. The highest BCUT2D eigenvalue weighted by molar-refractivity contribution is 5.51. The van der Waals surface area contributed by atoms with Gasteiger partial charge < -0.3 is 16.2 Å². The van der Waals surface area contributed by atoms with Crippen molar-refractivity contribution < 1.29 is 4.74 Å². The molecule has 1 atom stereocenters. The standard InChI is InChI=1S/C17H30N2O/c1-16(2,3)11-8-12(14(19)10-18)15(20-7)13(9-11)17(4,5)6/h8-9,14H,10,18-19H2,1-7H3. The van der Waals surface area contributed by atoms with Crippen LogP contribution in [0.15, 0.2) is 12.1 Å².